The number of hydrogen-bond acceptors (Lipinski definition) is 2. The Balaban J connectivity index is 0.000000550. The van der Waals surface area contributed by atoms with Crippen LogP contribution in [0.15, 0.2) is 42.5 Å². The highest BCUT2D eigenvalue weighted by Gasteiger charge is 2.37. The van der Waals surface area contributed by atoms with Gasteiger partial charge in [-0.1, -0.05) is 57.5 Å². The topological polar surface area (TPSA) is 40.5 Å². The molecule has 0 bridgehead atoms. The van der Waals surface area contributed by atoms with Crippen molar-refractivity contribution in [3.8, 4) is 0 Å². The minimum Gasteiger partial charge on any atom is -0.367 e. The van der Waals surface area contributed by atoms with Gasteiger partial charge in [0.1, 0.15) is 0 Å². The van der Waals surface area contributed by atoms with Crippen LogP contribution in [0.25, 0.3) is 0 Å². The van der Waals surface area contributed by atoms with Gasteiger partial charge in [-0.2, -0.15) is 0 Å². The van der Waals surface area contributed by atoms with Crippen molar-refractivity contribution < 1.29 is 9.90 Å². The fraction of sp³-hybridized carbons (Fsp3) is 0.438. The Hall–Kier alpha value is -1.61. The Morgan fingerprint density at radius 1 is 1.16 bits per heavy atom. The van der Waals surface area contributed by atoms with E-state index in [4.69, 9.17) is 0 Å². The summed E-state index contributed by atoms with van der Waals surface area (Å²) in [6, 6.07) is 9.67. The van der Waals surface area contributed by atoms with Crippen LogP contribution in [0.3, 0.4) is 0 Å². The molecule has 0 saturated heterocycles. The molecule has 1 aliphatic heterocycles. The summed E-state index contributed by atoms with van der Waals surface area (Å²) in [4.78, 5) is 13.1. The van der Waals surface area contributed by atoms with Crippen LogP contribution < -0.4 is 0 Å². The van der Waals surface area contributed by atoms with E-state index in [0.29, 0.717) is 13.0 Å². The van der Waals surface area contributed by atoms with Crippen molar-refractivity contribution >= 4 is 5.91 Å². The Kier molecular flexibility index (Phi) is 5.77. The molecule has 3 heteroatoms. The van der Waals surface area contributed by atoms with Gasteiger partial charge in [0.25, 0.3) is 0 Å². The van der Waals surface area contributed by atoms with Crippen LogP contribution in [0, 0.1) is 0 Å². The number of nitrogens with zero attached hydrogens (tertiary/aromatic N) is 1. The van der Waals surface area contributed by atoms with E-state index in [1.807, 2.05) is 37.3 Å². The van der Waals surface area contributed by atoms with Gasteiger partial charge in [0, 0.05) is 12.6 Å². The second-order valence-electron chi connectivity index (χ2n) is 4.68. The Morgan fingerprint density at radius 3 is 2.26 bits per heavy atom. The van der Waals surface area contributed by atoms with Crippen molar-refractivity contribution in [1.82, 2.24) is 4.90 Å². The Labute approximate surface area is 115 Å². The van der Waals surface area contributed by atoms with Gasteiger partial charge in [0.05, 0.1) is 0 Å². The predicted octanol–water partition coefficient (Wildman–Crippen LogP) is 3.10. The summed E-state index contributed by atoms with van der Waals surface area (Å²) in [6.45, 7) is 6.55. The van der Waals surface area contributed by atoms with Gasteiger partial charge < -0.3 is 10.0 Å². The molecule has 0 aromatic heterocycles. The highest BCUT2D eigenvalue weighted by atomic mass is 16.3. The maximum Gasteiger partial charge on any atom is 0.249 e. The molecular weight excluding hydrogens is 238 g/mol. The zero-order valence-corrected chi connectivity index (χ0v) is 12.0. The molecule has 104 valence electrons. The lowest BCUT2D eigenvalue weighted by atomic mass is 10.1. The minimum absolute atomic E-state index is 0.131. The average Bonchev–Trinajstić information content (AvgIpc) is 2.70. The number of carbonyl (C=O) groups is 1. The normalized spacial score (nSPS) is 21.3. The van der Waals surface area contributed by atoms with Crippen molar-refractivity contribution in [2.75, 3.05) is 0 Å². The molecule has 0 fully saturated rings. The minimum atomic E-state index is -1.12. The fourth-order valence-electron chi connectivity index (χ4n) is 1.87. The molecule has 0 spiro atoms. The van der Waals surface area contributed by atoms with Crippen LogP contribution in [0.1, 0.15) is 39.2 Å². The Bertz CT molecular complexity index is 428. The van der Waals surface area contributed by atoms with Crippen LogP contribution in [-0.2, 0) is 11.3 Å². The van der Waals surface area contributed by atoms with Crippen molar-refractivity contribution in [1.29, 1.82) is 0 Å². The molecule has 3 nitrogen and oxygen atoms in total. The molecule has 0 saturated carbocycles. The third-order valence-electron chi connectivity index (χ3n) is 2.93. The van der Waals surface area contributed by atoms with Gasteiger partial charge in [-0.05, 0) is 18.1 Å². The standard InChI is InChI=1S/C13H15NO2.C3H8/c1-2-13(16)9-8-12(15)14(13)10-11-6-4-3-5-7-11;1-3-2/h3-9,16H,2,10H2,1H3;3H2,1-2H3. The zero-order chi connectivity index (χ0) is 14.3. The summed E-state index contributed by atoms with van der Waals surface area (Å²) >= 11 is 0. The molecule has 1 amide bonds. The summed E-state index contributed by atoms with van der Waals surface area (Å²) in [6.07, 6.45) is 4.76. The highest BCUT2D eigenvalue weighted by molar-refractivity contribution is 5.91. The van der Waals surface area contributed by atoms with Gasteiger partial charge in [-0.25, -0.2) is 0 Å². The van der Waals surface area contributed by atoms with Gasteiger partial charge in [-0.15, -0.1) is 0 Å². The van der Waals surface area contributed by atoms with Crippen LogP contribution in [-0.4, -0.2) is 21.6 Å². The quantitative estimate of drug-likeness (QED) is 0.908. The largest absolute Gasteiger partial charge is 0.367 e. The van der Waals surface area contributed by atoms with Crippen LogP contribution in [0.2, 0.25) is 0 Å². The van der Waals surface area contributed by atoms with Gasteiger partial charge in [0.15, 0.2) is 5.72 Å². The lowest BCUT2D eigenvalue weighted by Gasteiger charge is -2.32. The molecule has 2 rings (SSSR count). The second kappa shape index (κ2) is 7.10. The van der Waals surface area contributed by atoms with Crippen molar-refractivity contribution in [3.63, 3.8) is 0 Å². The van der Waals surface area contributed by atoms with E-state index < -0.39 is 5.72 Å². The molecule has 1 aromatic carbocycles. The van der Waals surface area contributed by atoms with Crippen molar-refractivity contribution in [2.45, 2.75) is 45.9 Å². The number of hydrogen-bond donors (Lipinski definition) is 1. The summed E-state index contributed by atoms with van der Waals surface area (Å²) in [5.41, 5.74) is -0.0983. The number of aliphatic hydroxyl groups is 1. The third kappa shape index (κ3) is 3.93. The van der Waals surface area contributed by atoms with E-state index in [2.05, 4.69) is 13.8 Å². The van der Waals surface area contributed by atoms with Gasteiger partial charge in [-0.3, -0.25) is 4.79 Å². The molecule has 1 atom stereocenters. The summed E-state index contributed by atoms with van der Waals surface area (Å²) in [5.74, 6) is -0.131. The van der Waals surface area contributed by atoms with E-state index in [-0.39, 0.29) is 5.91 Å². The molecule has 1 heterocycles. The van der Waals surface area contributed by atoms with Gasteiger partial charge >= 0.3 is 0 Å². The first-order valence-corrected chi connectivity index (χ1v) is 6.84. The van der Waals surface area contributed by atoms with E-state index in [1.54, 1.807) is 6.08 Å². The first kappa shape index (κ1) is 15.4. The monoisotopic (exact) mass is 261 g/mol. The van der Waals surface area contributed by atoms with E-state index >= 15 is 0 Å². The lowest BCUT2D eigenvalue weighted by molar-refractivity contribution is -0.143. The summed E-state index contributed by atoms with van der Waals surface area (Å²) in [5, 5.41) is 10.2. The maximum atomic E-state index is 11.6. The molecule has 19 heavy (non-hydrogen) atoms. The van der Waals surface area contributed by atoms with Crippen molar-refractivity contribution in [3.05, 3.63) is 48.0 Å². The summed E-state index contributed by atoms with van der Waals surface area (Å²) < 4.78 is 0. The average molecular weight is 261 g/mol. The molecule has 1 unspecified atom stereocenters. The van der Waals surface area contributed by atoms with E-state index in [1.165, 1.54) is 17.4 Å². The maximum absolute atomic E-state index is 11.6. The third-order valence-corrected chi connectivity index (χ3v) is 2.93. The number of rotatable bonds is 3. The molecule has 1 N–H and O–H groups in total. The lowest BCUT2D eigenvalue weighted by Crippen LogP contribution is -2.45. The smallest absolute Gasteiger partial charge is 0.249 e. The second-order valence-corrected chi connectivity index (χ2v) is 4.68. The first-order valence-electron chi connectivity index (χ1n) is 6.84. The van der Waals surface area contributed by atoms with Crippen molar-refractivity contribution in [2.24, 2.45) is 0 Å². The molecule has 0 aliphatic carbocycles. The first-order chi connectivity index (χ1) is 9.07. The number of carbonyl (C=O) groups excluding carboxylic acids is 1. The zero-order valence-electron chi connectivity index (χ0n) is 12.0. The molecule has 0 radical (unpaired) electrons. The van der Waals surface area contributed by atoms with Gasteiger partial charge in [0.2, 0.25) is 5.91 Å². The van der Waals surface area contributed by atoms with Crippen LogP contribution >= 0.6 is 0 Å². The van der Waals surface area contributed by atoms with Crippen LogP contribution in [0.4, 0.5) is 0 Å². The number of amides is 1. The predicted molar refractivity (Wildman–Crippen MR) is 77.3 cm³/mol. The summed E-state index contributed by atoms with van der Waals surface area (Å²) in [7, 11) is 0. The van der Waals surface area contributed by atoms with E-state index in [9.17, 15) is 9.90 Å². The Morgan fingerprint density at radius 2 is 1.74 bits per heavy atom. The van der Waals surface area contributed by atoms with Crippen LogP contribution in [0.5, 0.6) is 0 Å². The molecule has 1 aliphatic rings. The highest BCUT2D eigenvalue weighted by Crippen LogP contribution is 2.26. The van der Waals surface area contributed by atoms with E-state index in [0.717, 1.165) is 5.56 Å². The molecule has 1 aromatic rings. The SMILES string of the molecule is CCC.CCC1(O)C=CC(=O)N1Cc1ccccc1. The number of benzene rings is 1. The fourth-order valence-corrected chi connectivity index (χ4v) is 1.87. The molecular formula is C16H23NO2.